The van der Waals surface area contributed by atoms with Crippen LogP contribution in [0.4, 0.5) is 0 Å². The van der Waals surface area contributed by atoms with Crippen molar-refractivity contribution in [2.45, 2.75) is 26.7 Å². The van der Waals surface area contributed by atoms with Crippen LogP contribution in [0.3, 0.4) is 0 Å². The lowest BCUT2D eigenvalue weighted by Crippen LogP contribution is -2.34. The van der Waals surface area contributed by atoms with E-state index in [1.807, 2.05) is 24.3 Å². The summed E-state index contributed by atoms with van der Waals surface area (Å²) in [6, 6.07) is 7.57. The third kappa shape index (κ3) is 4.30. The van der Waals surface area contributed by atoms with Gasteiger partial charge < -0.3 is 10.2 Å². The molecule has 96 valence electrons. The summed E-state index contributed by atoms with van der Waals surface area (Å²) in [4.78, 5) is 0. The van der Waals surface area contributed by atoms with Gasteiger partial charge in [0, 0.05) is 10.4 Å². The molecule has 1 aromatic carbocycles. The second-order valence-corrected chi connectivity index (χ2v) is 5.65. The first-order valence-corrected chi connectivity index (χ1v) is 6.35. The van der Waals surface area contributed by atoms with Gasteiger partial charge in [0.2, 0.25) is 0 Å². The summed E-state index contributed by atoms with van der Waals surface area (Å²) in [6.45, 7) is 4.21. The molecule has 0 bridgehead atoms. The Morgan fingerprint density at radius 2 is 1.65 bits per heavy atom. The number of hydrogen-bond donors (Lipinski definition) is 2. The van der Waals surface area contributed by atoms with E-state index < -0.39 is 5.41 Å². The molecule has 0 aliphatic carbocycles. The van der Waals surface area contributed by atoms with Crippen LogP contribution in [0.15, 0.2) is 24.3 Å². The van der Waals surface area contributed by atoms with E-state index in [0.29, 0.717) is 17.4 Å². The van der Waals surface area contributed by atoms with Gasteiger partial charge in [-0.3, -0.25) is 0 Å². The second-order valence-electron chi connectivity index (χ2n) is 5.22. The van der Waals surface area contributed by atoms with Gasteiger partial charge in [0.15, 0.2) is 0 Å². The smallest absolute Gasteiger partial charge is 0.0512 e. The Morgan fingerprint density at radius 3 is 2.06 bits per heavy atom. The van der Waals surface area contributed by atoms with Crippen LogP contribution >= 0.6 is 11.6 Å². The summed E-state index contributed by atoms with van der Waals surface area (Å²) in [7, 11) is 0. The summed E-state index contributed by atoms with van der Waals surface area (Å²) < 4.78 is 0. The summed E-state index contributed by atoms with van der Waals surface area (Å²) in [5.74, 6) is 0.446. The zero-order valence-corrected chi connectivity index (χ0v) is 11.2. The van der Waals surface area contributed by atoms with Crippen molar-refractivity contribution in [2.75, 3.05) is 13.2 Å². The average molecular weight is 257 g/mol. The van der Waals surface area contributed by atoms with Gasteiger partial charge in [-0.05, 0) is 36.5 Å². The van der Waals surface area contributed by atoms with Gasteiger partial charge in [-0.2, -0.15) is 0 Å². The van der Waals surface area contributed by atoms with Crippen molar-refractivity contribution in [3.05, 3.63) is 34.9 Å². The topological polar surface area (TPSA) is 40.5 Å². The van der Waals surface area contributed by atoms with Crippen LogP contribution in [0.25, 0.3) is 0 Å². The number of aliphatic hydroxyl groups is 2. The maximum atomic E-state index is 9.56. The summed E-state index contributed by atoms with van der Waals surface area (Å²) >= 11 is 5.84. The molecule has 0 aliphatic rings. The van der Waals surface area contributed by atoms with Crippen LogP contribution in [0.2, 0.25) is 5.02 Å². The zero-order valence-electron chi connectivity index (χ0n) is 10.5. The highest BCUT2D eigenvalue weighted by atomic mass is 35.5. The maximum Gasteiger partial charge on any atom is 0.0512 e. The van der Waals surface area contributed by atoms with E-state index in [9.17, 15) is 10.2 Å². The Bertz CT molecular complexity index is 329. The van der Waals surface area contributed by atoms with Gasteiger partial charge in [0.05, 0.1) is 13.2 Å². The summed E-state index contributed by atoms with van der Waals surface area (Å²) in [5.41, 5.74) is 0.667. The lowest BCUT2D eigenvalue weighted by atomic mass is 9.76. The molecule has 0 fully saturated rings. The third-order valence-corrected chi connectivity index (χ3v) is 3.26. The van der Waals surface area contributed by atoms with Crippen molar-refractivity contribution in [1.29, 1.82) is 0 Å². The van der Waals surface area contributed by atoms with Crippen LogP contribution in [-0.2, 0) is 6.42 Å². The van der Waals surface area contributed by atoms with Gasteiger partial charge >= 0.3 is 0 Å². The lowest BCUT2D eigenvalue weighted by molar-refractivity contribution is 0.0369. The van der Waals surface area contributed by atoms with Crippen molar-refractivity contribution in [2.24, 2.45) is 11.3 Å². The van der Waals surface area contributed by atoms with E-state index >= 15 is 0 Å². The fourth-order valence-electron chi connectivity index (χ4n) is 2.26. The minimum Gasteiger partial charge on any atom is -0.396 e. The van der Waals surface area contributed by atoms with Gasteiger partial charge in [-0.1, -0.05) is 37.6 Å². The van der Waals surface area contributed by atoms with Gasteiger partial charge in [-0.15, -0.1) is 0 Å². The number of hydrogen-bond acceptors (Lipinski definition) is 2. The molecule has 0 heterocycles. The normalized spacial score (nSPS) is 12.1. The highest BCUT2D eigenvalue weighted by molar-refractivity contribution is 6.30. The molecule has 2 nitrogen and oxygen atoms in total. The fraction of sp³-hybridized carbons (Fsp3) is 0.571. The number of halogens is 1. The van der Waals surface area contributed by atoms with E-state index in [0.717, 1.165) is 12.0 Å². The van der Waals surface area contributed by atoms with Crippen LogP contribution in [0, 0.1) is 11.3 Å². The van der Waals surface area contributed by atoms with Crippen molar-refractivity contribution < 1.29 is 10.2 Å². The second kappa shape index (κ2) is 6.39. The fourth-order valence-corrected chi connectivity index (χ4v) is 2.39. The average Bonchev–Trinajstić information content (AvgIpc) is 2.30. The predicted molar refractivity (Wildman–Crippen MR) is 71.2 cm³/mol. The summed E-state index contributed by atoms with van der Waals surface area (Å²) in [6.07, 6.45) is 1.48. The molecule has 0 aromatic heterocycles. The SMILES string of the molecule is CC(C)CC(CO)(CO)Cc1ccc(Cl)cc1. The van der Waals surface area contributed by atoms with Crippen LogP contribution in [0.1, 0.15) is 25.8 Å². The molecule has 0 amide bonds. The van der Waals surface area contributed by atoms with Crippen LogP contribution in [-0.4, -0.2) is 23.4 Å². The molecule has 17 heavy (non-hydrogen) atoms. The zero-order chi connectivity index (χ0) is 12.9. The number of aliphatic hydroxyl groups excluding tert-OH is 2. The molecular weight excluding hydrogens is 236 g/mol. The molecule has 1 rings (SSSR count). The predicted octanol–water partition coefficient (Wildman–Crippen LogP) is 2.90. The molecule has 1 aromatic rings. The standard InChI is InChI=1S/C14H21ClO2/c1-11(2)7-14(9-16,10-17)8-12-3-5-13(15)6-4-12/h3-6,11,16-17H,7-10H2,1-2H3. The van der Waals surface area contributed by atoms with Crippen molar-refractivity contribution >= 4 is 11.6 Å². The minimum absolute atomic E-state index is 0.00427. The van der Waals surface area contributed by atoms with Crippen molar-refractivity contribution in [3.8, 4) is 0 Å². The third-order valence-electron chi connectivity index (χ3n) is 3.00. The largest absolute Gasteiger partial charge is 0.396 e. The molecule has 0 saturated carbocycles. The highest BCUT2D eigenvalue weighted by Crippen LogP contribution is 2.30. The first-order valence-electron chi connectivity index (χ1n) is 5.97. The molecule has 0 atom stereocenters. The molecular formula is C14H21ClO2. The highest BCUT2D eigenvalue weighted by Gasteiger charge is 2.29. The molecule has 0 radical (unpaired) electrons. The number of benzene rings is 1. The van der Waals surface area contributed by atoms with Gasteiger partial charge in [0.25, 0.3) is 0 Å². The van der Waals surface area contributed by atoms with Crippen molar-refractivity contribution in [3.63, 3.8) is 0 Å². The molecule has 0 aliphatic heterocycles. The Labute approximate surface area is 108 Å². The van der Waals surface area contributed by atoms with Crippen LogP contribution in [0.5, 0.6) is 0 Å². The summed E-state index contributed by atoms with van der Waals surface area (Å²) in [5, 5.41) is 19.8. The van der Waals surface area contributed by atoms with Gasteiger partial charge in [0.1, 0.15) is 0 Å². The maximum absolute atomic E-state index is 9.56. The Morgan fingerprint density at radius 1 is 1.12 bits per heavy atom. The Hall–Kier alpha value is -0.570. The molecule has 3 heteroatoms. The minimum atomic E-state index is -0.429. The van der Waals surface area contributed by atoms with Crippen molar-refractivity contribution in [1.82, 2.24) is 0 Å². The van der Waals surface area contributed by atoms with E-state index in [2.05, 4.69) is 13.8 Å². The molecule has 2 N–H and O–H groups in total. The monoisotopic (exact) mass is 256 g/mol. The van der Waals surface area contributed by atoms with Gasteiger partial charge in [-0.25, -0.2) is 0 Å². The molecule has 0 spiro atoms. The van der Waals surface area contributed by atoms with Crippen LogP contribution < -0.4 is 0 Å². The van der Waals surface area contributed by atoms with E-state index in [4.69, 9.17) is 11.6 Å². The van der Waals surface area contributed by atoms with E-state index in [1.54, 1.807) is 0 Å². The van der Waals surface area contributed by atoms with E-state index in [-0.39, 0.29) is 13.2 Å². The quantitative estimate of drug-likeness (QED) is 0.822. The Kier molecular flexibility index (Phi) is 5.44. The number of rotatable bonds is 6. The first-order chi connectivity index (χ1) is 8.01. The Balaban J connectivity index is 2.82. The van der Waals surface area contributed by atoms with E-state index in [1.165, 1.54) is 0 Å². The molecule has 0 saturated heterocycles. The lowest BCUT2D eigenvalue weighted by Gasteiger charge is -2.31. The molecule has 0 unspecified atom stereocenters. The first kappa shape index (κ1) is 14.5.